The highest BCUT2D eigenvalue weighted by Crippen LogP contribution is 2.26. The quantitative estimate of drug-likeness (QED) is 0.454. The van der Waals surface area contributed by atoms with Crippen molar-refractivity contribution >= 4 is 50.2 Å². The van der Waals surface area contributed by atoms with Gasteiger partial charge in [-0.3, -0.25) is 14.6 Å². The molecule has 6 heteroatoms. The van der Waals surface area contributed by atoms with Crippen LogP contribution < -0.4 is 0 Å². The summed E-state index contributed by atoms with van der Waals surface area (Å²) in [4.78, 5) is 34.4. The van der Waals surface area contributed by atoms with Crippen LogP contribution in [0.15, 0.2) is 72.9 Å². The summed E-state index contributed by atoms with van der Waals surface area (Å²) in [7, 11) is 0. The number of aromatic nitrogens is 1. The number of benzene rings is 2. The molecule has 5 rings (SSSR count). The molecule has 0 aliphatic carbocycles. The molecular formula is C25H21N3O2S. The van der Waals surface area contributed by atoms with E-state index in [9.17, 15) is 9.59 Å². The third-order valence-electron chi connectivity index (χ3n) is 5.58. The van der Waals surface area contributed by atoms with Gasteiger partial charge in [-0.05, 0) is 29.7 Å². The van der Waals surface area contributed by atoms with Gasteiger partial charge < -0.3 is 9.80 Å². The summed E-state index contributed by atoms with van der Waals surface area (Å²) < 4.78 is 1.12. The lowest BCUT2D eigenvalue weighted by Crippen LogP contribution is -2.50. The molecule has 2 aromatic heterocycles. The van der Waals surface area contributed by atoms with Crippen LogP contribution in [-0.4, -0.2) is 52.8 Å². The normalized spacial score (nSPS) is 14.6. The number of para-hydroxylation sites is 1. The van der Waals surface area contributed by atoms with Crippen LogP contribution in [0.3, 0.4) is 0 Å². The monoisotopic (exact) mass is 427 g/mol. The van der Waals surface area contributed by atoms with E-state index in [2.05, 4.69) is 4.98 Å². The molecule has 1 fully saturated rings. The van der Waals surface area contributed by atoms with Gasteiger partial charge in [-0.15, -0.1) is 11.3 Å². The van der Waals surface area contributed by atoms with Gasteiger partial charge in [0.15, 0.2) is 0 Å². The number of rotatable bonds is 3. The molecule has 0 atom stereocenters. The number of fused-ring (bicyclic) bond motifs is 2. The molecule has 2 aromatic carbocycles. The first-order chi connectivity index (χ1) is 15.2. The Morgan fingerprint density at radius 3 is 2.45 bits per heavy atom. The minimum absolute atomic E-state index is 0.0399. The van der Waals surface area contributed by atoms with Gasteiger partial charge in [-0.25, -0.2) is 0 Å². The number of nitrogens with zero attached hydrogens (tertiary/aromatic N) is 3. The number of piperazine rings is 1. The van der Waals surface area contributed by atoms with Crippen molar-refractivity contribution in [1.82, 2.24) is 14.8 Å². The van der Waals surface area contributed by atoms with Gasteiger partial charge in [0.2, 0.25) is 5.91 Å². The topological polar surface area (TPSA) is 53.5 Å². The maximum Gasteiger partial charge on any atom is 0.264 e. The molecule has 0 bridgehead atoms. The number of hydrogen-bond acceptors (Lipinski definition) is 4. The molecule has 5 nitrogen and oxygen atoms in total. The number of amides is 2. The molecule has 0 spiro atoms. The largest absolute Gasteiger partial charge is 0.336 e. The number of pyridine rings is 1. The molecule has 1 aliphatic heterocycles. The van der Waals surface area contributed by atoms with E-state index < -0.39 is 0 Å². The Hall–Kier alpha value is -3.51. The fourth-order valence-corrected chi connectivity index (χ4v) is 4.93. The van der Waals surface area contributed by atoms with Gasteiger partial charge >= 0.3 is 0 Å². The van der Waals surface area contributed by atoms with Gasteiger partial charge in [-0.1, -0.05) is 42.5 Å². The highest BCUT2D eigenvalue weighted by Gasteiger charge is 2.25. The predicted molar refractivity (Wildman–Crippen MR) is 125 cm³/mol. The first-order valence-corrected chi connectivity index (χ1v) is 11.1. The lowest BCUT2D eigenvalue weighted by molar-refractivity contribution is -0.127. The summed E-state index contributed by atoms with van der Waals surface area (Å²) >= 11 is 1.52. The maximum absolute atomic E-state index is 12.9. The molecule has 0 radical (unpaired) electrons. The molecule has 4 aromatic rings. The summed E-state index contributed by atoms with van der Waals surface area (Å²) in [5.41, 5.74) is 1.80. The van der Waals surface area contributed by atoms with Crippen LogP contribution in [0.1, 0.15) is 15.2 Å². The van der Waals surface area contributed by atoms with Crippen LogP contribution in [0.2, 0.25) is 0 Å². The molecule has 0 N–H and O–H groups in total. The fourth-order valence-electron chi connectivity index (χ4n) is 3.90. The average molecular weight is 428 g/mol. The van der Waals surface area contributed by atoms with Crippen molar-refractivity contribution in [2.75, 3.05) is 26.2 Å². The molecule has 1 aliphatic rings. The molecule has 1 saturated heterocycles. The van der Waals surface area contributed by atoms with Crippen LogP contribution in [-0.2, 0) is 4.79 Å². The summed E-state index contributed by atoms with van der Waals surface area (Å²) in [5, 5.41) is 2.14. The zero-order valence-corrected chi connectivity index (χ0v) is 17.7. The fraction of sp³-hybridized carbons (Fsp3) is 0.160. The summed E-state index contributed by atoms with van der Waals surface area (Å²) in [6, 6.07) is 19.8. The lowest BCUT2D eigenvalue weighted by Gasteiger charge is -2.34. The number of carbonyl (C=O) groups is 2. The van der Waals surface area contributed by atoms with Gasteiger partial charge in [0, 0.05) is 54.1 Å². The zero-order chi connectivity index (χ0) is 21.2. The number of hydrogen-bond donors (Lipinski definition) is 0. The van der Waals surface area contributed by atoms with E-state index in [0.717, 1.165) is 31.4 Å². The van der Waals surface area contributed by atoms with Gasteiger partial charge in [-0.2, -0.15) is 0 Å². The first kappa shape index (κ1) is 19.5. The molecule has 3 heterocycles. The minimum atomic E-state index is -0.0399. The third kappa shape index (κ3) is 3.94. The molecule has 0 saturated carbocycles. The van der Waals surface area contributed by atoms with Gasteiger partial charge in [0.25, 0.3) is 5.91 Å². The second kappa shape index (κ2) is 8.32. The van der Waals surface area contributed by atoms with Crippen LogP contribution >= 0.6 is 11.3 Å². The van der Waals surface area contributed by atoms with Crippen molar-refractivity contribution in [2.45, 2.75) is 0 Å². The lowest BCUT2D eigenvalue weighted by atomic mass is 10.1. The van der Waals surface area contributed by atoms with Crippen molar-refractivity contribution in [3.05, 3.63) is 83.4 Å². The highest BCUT2D eigenvalue weighted by atomic mass is 32.1. The van der Waals surface area contributed by atoms with Crippen molar-refractivity contribution in [2.24, 2.45) is 0 Å². The minimum Gasteiger partial charge on any atom is -0.336 e. The zero-order valence-electron chi connectivity index (χ0n) is 16.9. The van der Waals surface area contributed by atoms with Crippen LogP contribution in [0.25, 0.3) is 27.1 Å². The van der Waals surface area contributed by atoms with E-state index in [4.69, 9.17) is 0 Å². The van der Waals surface area contributed by atoms with Crippen LogP contribution in [0.5, 0.6) is 0 Å². The van der Waals surface area contributed by atoms with Crippen molar-refractivity contribution in [3.8, 4) is 0 Å². The van der Waals surface area contributed by atoms with Crippen molar-refractivity contribution in [3.63, 3.8) is 0 Å². The summed E-state index contributed by atoms with van der Waals surface area (Å²) in [5.74, 6) is 0.00701. The standard InChI is InChI=1S/C25H21N3O2S/c29-23(11-10-19-7-3-6-18-8-4-12-26-24(18)19)27-13-15-28(16-14-27)25(30)22-17-20-5-1-2-9-21(20)31-22/h1-12,17H,13-16H2/b11-10+. The second-order valence-electron chi connectivity index (χ2n) is 7.52. The molecule has 0 unspecified atom stereocenters. The SMILES string of the molecule is O=C(/C=C/c1cccc2cccnc12)N1CCN(C(=O)c2cc3ccccc3s2)CC1. The summed E-state index contributed by atoms with van der Waals surface area (Å²) in [6.07, 6.45) is 5.19. The highest BCUT2D eigenvalue weighted by molar-refractivity contribution is 7.20. The smallest absolute Gasteiger partial charge is 0.264 e. The van der Waals surface area contributed by atoms with E-state index in [-0.39, 0.29) is 11.8 Å². The van der Waals surface area contributed by atoms with Crippen LogP contribution in [0.4, 0.5) is 0 Å². The Morgan fingerprint density at radius 2 is 1.61 bits per heavy atom. The second-order valence-corrected chi connectivity index (χ2v) is 8.61. The van der Waals surface area contributed by atoms with E-state index >= 15 is 0 Å². The maximum atomic E-state index is 12.9. The van der Waals surface area contributed by atoms with Gasteiger partial charge in [0.1, 0.15) is 0 Å². The van der Waals surface area contributed by atoms with Crippen molar-refractivity contribution in [1.29, 1.82) is 0 Å². The molecular weight excluding hydrogens is 406 g/mol. The molecule has 154 valence electrons. The Labute approximate surface area is 184 Å². The predicted octanol–water partition coefficient (Wildman–Crippen LogP) is 4.45. The number of carbonyl (C=O) groups excluding carboxylic acids is 2. The first-order valence-electron chi connectivity index (χ1n) is 10.3. The van der Waals surface area contributed by atoms with E-state index in [1.165, 1.54) is 11.3 Å². The Balaban J connectivity index is 1.23. The molecule has 31 heavy (non-hydrogen) atoms. The van der Waals surface area contributed by atoms with Crippen molar-refractivity contribution < 1.29 is 9.59 Å². The summed E-state index contributed by atoms with van der Waals surface area (Å²) in [6.45, 7) is 2.16. The Morgan fingerprint density at radius 1 is 0.871 bits per heavy atom. The van der Waals surface area contributed by atoms with E-state index in [1.807, 2.05) is 71.6 Å². The number of thiophene rings is 1. The van der Waals surface area contributed by atoms with Gasteiger partial charge in [0.05, 0.1) is 10.4 Å². The Bertz CT molecular complexity index is 1260. The average Bonchev–Trinajstić information content (AvgIpc) is 3.26. The van der Waals surface area contributed by atoms with E-state index in [1.54, 1.807) is 17.2 Å². The molecule has 2 amide bonds. The Kier molecular flexibility index (Phi) is 5.22. The van der Waals surface area contributed by atoms with E-state index in [0.29, 0.717) is 26.2 Å². The van der Waals surface area contributed by atoms with Crippen LogP contribution in [0, 0.1) is 0 Å². The third-order valence-corrected chi connectivity index (χ3v) is 6.69.